The Balaban J connectivity index is 1.44. The second kappa shape index (κ2) is 12.7. The van der Waals surface area contributed by atoms with Gasteiger partial charge >= 0.3 is 0 Å². The molecule has 1 aliphatic carbocycles. The lowest BCUT2D eigenvalue weighted by Crippen LogP contribution is -2.00. The van der Waals surface area contributed by atoms with E-state index in [-0.39, 0.29) is 0 Å². The SMILES string of the molecule is CCCCCCc1ccc(-c2cc[c]cc2OCCCCCC2CCCC2)cc1. The minimum atomic E-state index is 0.811. The van der Waals surface area contributed by atoms with E-state index >= 15 is 0 Å². The highest BCUT2D eigenvalue weighted by atomic mass is 16.5. The Kier molecular flexibility index (Phi) is 9.63. The van der Waals surface area contributed by atoms with E-state index in [1.54, 1.807) is 0 Å². The number of hydrogen-bond donors (Lipinski definition) is 0. The zero-order valence-corrected chi connectivity index (χ0v) is 18.4. The van der Waals surface area contributed by atoms with Gasteiger partial charge in [0.2, 0.25) is 0 Å². The molecule has 0 saturated heterocycles. The van der Waals surface area contributed by atoms with E-state index in [0.717, 1.165) is 24.7 Å². The van der Waals surface area contributed by atoms with E-state index in [4.69, 9.17) is 4.74 Å². The first kappa shape index (κ1) is 21.9. The Morgan fingerprint density at radius 2 is 1.69 bits per heavy atom. The molecule has 2 aromatic carbocycles. The minimum absolute atomic E-state index is 0.811. The third kappa shape index (κ3) is 7.53. The lowest BCUT2D eigenvalue weighted by Gasteiger charge is -2.13. The van der Waals surface area contributed by atoms with Gasteiger partial charge in [0, 0.05) is 5.56 Å². The summed E-state index contributed by atoms with van der Waals surface area (Å²) < 4.78 is 6.15. The summed E-state index contributed by atoms with van der Waals surface area (Å²) in [4.78, 5) is 0. The summed E-state index contributed by atoms with van der Waals surface area (Å²) in [5.74, 6) is 1.99. The third-order valence-electron chi connectivity index (χ3n) is 6.40. The molecule has 157 valence electrons. The van der Waals surface area contributed by atoms with Gasteiger partial charge in [-0.15, -0.1) is 0 Å². The predicted octanol–water partition coefficient (Wildman–Crippen LogP) is 8.41. The van der Waals surface area contributed by atoms with Crippen LogP contribution in [0.15, 0.2) is 42.5 Å². The van der Waals surface area contributed by atoms with Crippen LogP contribution in [0.4, 0.5) is 0 Å². The van der Waals surface area contributed by atoms with Crippen LogP contribution in [0.2, 0.25) is 0 Å². The fourth-order valence-corrected chi connectivity index (χ4v) is 4.57. The molecular weight excluding hydrogens is 352 g/mol. The monoisotopic (exact) mass is 391 g/mol. The number of rotatable bonds is 13. The maximum absolute atomic E-state index is 6.15. The fraction of sp³-hybridized carbons (Fsp3) is 0.571. The van der Waals surface area contributed by atoms with E-state index in [0.29, 0.717) is 0 Å². The summed E-state index contributed by atoms with van der Waals surface area (Å²) in [7, 11) is 0. The van der Waals surface area contributed by atoms with Crippen molar-refractivity contribution in [2.75, 3.05) is 6.61 Å². The molecule has 1 heteroatoms. The summed E-state index contributed by atoms with van der Waals surface area (Å²) in [5, 5.41) is 0. The molecule has 2 aromatic rings. The highest BCUT2D eigenvalue weighted by Gasteiger charge is 2.14. The molecule has 0 aliphatic heterocycles. The number of ether oxygens (including phenoxy) is 1. The van der Waals surface area contributed by atoms with E-state index in [1.165, 1.54) is 93.7 Å². The zero-order chi connectivity index (χ0) is 20.2. The van der Waals surface area contributed by atoms with Gasteiger partial charge in [-0.3, -0.25) is 0 Å². The predicted molar refractivity (Wildman–Crippen MR) is 124 cm³/mol. The van der Waals surface area contributed by atoms with Gasteiger partial charge < -0.3 is 4.74 Å². The highest BCUT2D eigenvalue weighted by Crippen LogP contribution is 2.31. The third-order valence-corrected chi connectivity index (χ3v) is 6.40. The van der Waals surface area contributed by atoms with Crippen LogP contribution in [-0.2, 0) is 6.42 Å². The number of hydrogen-bond acceptors (Lipinski definition) is 1. The van der Waals surface area contributed by atoms with Crippen molar-refractivity contribution in [3.8, 4) is 16.9 Å². The summed E-state index contributed by atoms with van der Waals surface area (Å²) in [6.07, 6.45) is 17.5. The first-order valence-corrected chi connectivity index (χ1v) is 12.1. The maximum atomic E-state index is 6.15. The molecule has 0 bridgehead atoms. The molecule has 0 spiro atoms. The minimum Gasteiger partial charge on any atom is -0.493 e. The van der Waals surface area contributed by atoms with Crippen LogP contribution in [0, 0.1) is 12.0 Å². The van der Waals surface area contributed by atoms with Gasteiger partial charge in [0.05, 0.1) is 6.61 Å². The molecule has 1 fully saturated rings. The van der Waals surface area contributed by atoms with Crippen LogP contribution >= 0.6 is 0 Å². The van der Waals surface area contributed by atoms with Crippen molar-refractivity contribution in [1.29, 1.82) is 0 Å². The summed E-state index contributed by atoms with van der Waals surface area (Å²) >= 11 is 0. The van der Waals surface area contributed by atoms with Crippen molar-refractivity contribution < 1.29 is 4.74 Å². The quantitative estimate of drug-likeness (QED) is 0.311. The van der Waals surface area contributed by atoms with Gasteiger partial charge in [-0.25, -0.2) is 0 Å². The van der Waals surface area contributed by atoms with Gasteiger partial charge in [0.25, 0.3) is 0 Å². The lowest BCUT2D eigenvalue weighted by atomic mass is 10.00. The second-order valence-corrected chi connectivity index (χ2v) is 8.78. The van der Waals surface area contributed by atoms with Gasteiger partial charge in [0.15, 0.2) is 0 Å². The van der Waals surface area contributed by atoms with Gasteiger partial charge in [0.1, 0.15) is 5.75 Å². The van der Waals surface area contributed by atoms with E-state index in [9.17, 15) is 0 Å². The van der Waals surface area contributed by atoms with Crippen molar-refractivity contribution >= 4 is 0 Å². The summed E-state index contributed by atoms with van der Waals surface area (Å²) in [6.45, 7) is 3.08. The summed E-state index contributed by atoms with van der Waals surface area (Å²) in [6, 6.07) is 18.4. The Morgan fingerprint density at radius 3 is 2.48 bits per heavy atom. The topological polar surface area (TPSA) is 9.23 Å². The standard InChI is InChI=1S/C28H39O/c1-2-3-4-6-14-25-19-21-26(22-20-25)27-17-10-11-18-28(27)29-23-12-5-7-13-24-15-8-9-16-24/h10,17-22,24H,2-9,12-16,23H2,1H3. The van der Waals surface area contributed by atoms with Crippen molar-refractivity contribution in [2.45, 2.75) is 90.4 Å². The molecule has 1 aliphatic rings. The Labute approximate surface area is 178 Å². The molecule has 0 N–H and O–H groups in total. The van der Waals surface area contributed by atoms with Crippen LogP contribution in [0.3, 0.4) is 0 Å². The van der Waals surface area contributed by atoms with Gasteiger partial charge in [-0.2, -0.15) is 0 Å². The van der Waals surface area contributed by atoms with Gasteiger partial charge in [-0.1, -0.05) is 108 Å². The molecule has 1 radical (unpaired) electrons. The number of aryl methyl sites for hydroxylation is 1. The number of unbranched alkanes of at least 4 members (excludes halogenated alkanes) is 5. The van der Waals surface area contributed by atoms with Crippen molar-refractivity contribution in [2.24, 2.45) is 5.92 Å². The molecule has 0 unspecified atom stereocenters. The molecule has 0 heterocycles. The molecule has 1 nitrogen and oxygen atoms in total. The van der Waals surface area contributed by atoms with Crippen LogP contribution in [0.1, 0.15) is 89.5 Å². The molecule has 0 atom stereocenters. The van der Waals surface area contributed by atoms with Crippen molar-refractivity contribution in [3.63, 3.8) is 0 Å². The molecule has 0 aromatic heterocycles. The maximum Gasteiger partial charge on any atom is 0.127 e. The molecule has 29 heavy (non-hydrogen) atoms. The molecule has 0 amide bonds. The van der Waals surface area contributed by atoms with Crippen LogP contribution in [0.5, 0.6) is 5.75 Å². The molecular formula is C28H39O. The van der Waals surface area contributed by atoms with Crippen LogP contribution < -0.4 is 4.74 Å². The average Bonchev–Trinajstić information content (AvgIpc) is 3.28. The highest BCUT2D eigenvalue weighted by molar-refractivity contribution is 5.70. The largest absolute Gasteiger partial charge is 0.493 e. The fourth-order valence-electron chi connectivity index (χ4n) is 4.57. The normalized spacial score (nSPS) is 14.4. The van der Waals surface area contributed by atoms with Crippen LogP contribution in [0.25, 0.3) is 11.1 Å². The Hall–Kier alpha value is -1.76. The summed E-state index contributed by atoms with van der Waals surface area (Å²) in [5.41, 5.74) is 3.87. The lowest BCUT2D eigenvalue weighted by molar-refractivity contribution is 0.303. The first-order chi connectivity index (χ1) is 14.4. The van der Waals surface area contributed by atoms with Crippen molar-refractivity contribution in [1.82, 2.24) is 0 Å². The van der Waals surface area contributed by atoms with Crippen LogP contribution in [-0.4, -0.2) is 6.61 Å². The zero-order valence-electron chi connectivity index (χ0n) is 18.4. The Bertz CT molecular complexity index is 682. The molecule has 3 rings (SSSR count). The Morgan fingerprint density at radius 1 is 0.897 bits per heavy atom. The first-order valence-electron chi connectivity index (χ1n) is 12.1. The van der Waals surface area contributed by atoms with E-state index in [2.05, 4.69) is 43.3 Å². The number of benzene rings is 2. The second-order valence-electron chi connectivity index (χ2n) is 8.78. The van der Waals surface area contributed by atoms with Gasteiger partial charge in [-0.05, 0) is 48.4 Å². The van der Waals surface area contributed by atoms with E-state index < -0.39 is 0 Å². The molecule has 1 saturated carbocycles. The average molecular weight is 392 g/mol. The smallest absolute Gasteiger partial charge is 0.127 e. The van der Waals surface area contributed by atoms with Crippen molar-refractivity contribution in [3.05, 3.63) is 54.1 Å². The van der Waals surface area contributed by atoms with E-state index in [1.807, 2.05) is 12.1 Å².